The van der Waals surface area contributed by atoms with Gasteiger partial charge in [-0.1, -0.05) is 13.8 Å². The molecule has 17 heavy (non-hydrogen) atoms. The number of aliphatic hydroxyl groups excluding tert-OH is 1. The van der Waals surface area contributed by atoms with E-state index in [1.54, 1.807) is 0 Å². The quantitative estimate of drug-likeness (QED) is 0.539. The number of nitrogens with two attached hydrogens (primary N) is 1. The minimum atomic E-state index is -0.648. The Hall–Kier alpha value is -0.650. The molecule has 0 aromatic rings. The summed E-state index contributed by atoms with van der Waals surface area (Å²) in [5, 5.41) is 12.1. The number of rotatable bonds is 9. The lowest BCUT2D eigenvalue weighted by Gasteiger charge is -2.17. The zero-order valence-corrected chi connectivity index (χ0v) is 11.1. The molecule has 0 spiro atoms. The first-order valence-electron chi connectivity index (χ1n) is 6.13. The number of ether oxygens (including phenoxy) is 1. The van der Waals surface area contributed by atoms with Crippen LogP contribution in [0, 0.1) is 11.8 Å². The van der Waals surface area contributed by atoms with E-state index in [-0.39, 0.29) is 25.0 Å². The summed E-state index contributed by atoms with van der Waals surface area (Å²) in [6.07, 6.45) is 0.726. The van der Waals surface area contributed by atoms with E-state index in [1.165, 1.54) is 7.11 Å². The van der Waals surface area contributed by atoms with Crippen LogP contribution in [0.5, 0.6) is 0 Å². The minimum absolute atomic E-state index is 0.0590. The largest absolute Gasteiger partial charge is 0.389 e. The first-order chi connectivity index (χ1) is 7.99. The predicted octanol–water partition coefficient (Wildman–Crippen LogP) is 0.121. The van der Waals surface area contributed by atoms with Gasteiger partial charge in [-0.15, -0.1) is 0 Å². The predicted molar refractivity (Wildman–Crippen MR) is 67.5 cm³/mol. The maximum absolute atomic E-state index is 11.6. The lowest BCUT2D eigenvalue weighted by molar-refractivity contribution is -0.122. The molecule has 5 heteroatoms. The van der Waals surface area contributed by atoms with E-state index in [1.807, 2.05) is 0 Å². The third kappa shape index (κ3) is 9.09. The second-order valence-corrected chi connectivity index (χ2v) is 4.85. The van der Waals surface area contributed by atoms with Gasteiger partial charge in [0.15, 0.2) is 0 Å². The zero-order chi connectivity index (χ0) is 13.3. The Balaban J connectivity index is 3.82. The van der Waals surface area contributed by atoms with E-state index in [4.69, 9.17) is 10.5 Å². The Morgan fingerprint density at radius 1 is 1.47 bits per heavy atom. The fourth-order valence-electron chi connectivity index (χ4n) is 1.75. The highest BCUT2D eigenvalue weighted by atomic mass is 16.5. The molecular formula is C12H26N2O3. The molecule has 0 radical (unpaired) electrons. The van der Waals surface area contributed by atoms with Crippen LogP contribution in [0.4, 0.5) is 0 Å². The molecule has 0 aliphatic rings. The van der Waals surface area contributed by atoms with Gasteiger partial charge in [0, 0.05) is 20.1 Å². The van der Waals surface area contributed by atoms with Crippen molar-refractivity contribution in [3.05, 3.63) is 0 Å². The van der Waals surface area contributed by atoms with Crippen LogP contribution in [0.25, 0.3) is 0 Å². The molecule has 0 rings (SSSR count). The van der Waals surface area contributed by atoms with Crippen molar-refractivity contribution in [2.24, 2.45) is 17.6 Å². The first-order valence-corrected chi connectivity index (χ1v) is 6.13. The van der Waals surface area contributed by atoms with Crippen molar-refractivity contribution in [1.29, 1.82) is 0 Å². The molecule has 102 valence electrons. The Morgan fingerprint density at radius 3 is 2.59 bits per heavy atom. The van der Waals surface area contributed by atoms with Crippen molar-refractivity contribution in [3.8, 4) is 0 Å². The van der Waals surface area contributed by atoms with E-state index in [9.17, 15) is 9.90 Å². The average molecular weight is 246 g/mol. The van der Waals surface area contributed by atoms with E-state index in [2.05, 4.69) is 19.2 Å². The summed E-state index contributed by atoms with van der Waals surface area (Å²) in [6, 6.07) is 0. The molecule has 0 aromatic carbocycles. The minimum Gasteiger partial charge on any atom is -0.389 e. The van der Waals surface area contributed by atoms with Gasteiger partial charge in [-0.05, 0) is 24.8 Å². The summed E-state index contributed by atoms with van der Waals surface area (Å²) in [5.41, 5.74) is 5.62. The van der Waals surface area contributed by atoms with Crippen LogP contribution in [-0.2, 0) is 9.53 Å². The molecule has 1 unspecified atom stereocenters. The van der Waals surface area contributed by atoms with E-state index >= 15 is 0 Å². The molecule has 0 aromatic heterocycles. The van der Waals surface area contributed by atoms with Gasteiger partial charge in [0.2, 0.25) is 5.91 Å². The number of nitrogens with one attached hydrogen (secondary N) is 1. The molecule has 0 bridgehead atoms. The van der Waals surface area contributed by atoms with E-state index in [0.29, 0.717) is 18.9 Å². The van der Waals surface area contributed by atoms with Crippen molar-refractivity contribution in [1.82, 2.24) is 5.32 Å². The van der Waals surface area contributed by atoms with Crippen LogP contribution >= 0.6 is 0 Å². The highest BCUT2D eigenvalue weighted by Crippen LogP contribution is 2.13. The molecule has 2 atom stereocenters. The van der Waals surface area contributed by atoms with E-state index in [0.717, 1.165) is 6.42 Å². The number of amides is 1. The number of hydrogen-bond acceptors (Lipinski definition) is 4. The third-order valence-corrected chi connectivity index (χ3v) is 2.51. The summed E-state index contributed by atoms with van der Waals surface area (Å²) in [5.74, 6) is 0.696. The van der Waals surface area contributed by atoms with Crippen LogP contribution < -0.4 is 11.1 Å². The maximum Gasteiger partial charge on any atom is 0.220 e. The third-order valence-electron chi connectivity index (χ3n) is 2.51. The summed E-state index contributed by atoms with van der Waals surface area (Å²) in [6.45, 7) is 5.20. The summed E-state index contributed by atoms with van der Waals surface area (Å²) < 4.78 is 4.77. The van der Waals surface area contributed by atoms with Crippen LogP contribution in [0.3, 0.4) is 0 Å². The Labute approximate surface area is 104 Å². The highest BCUT2D eigenvalue weighted by Gasteiger charge is 2.14. The Bertz CT molecular complexity index is 210. The van der Waals surface area contributed by atoms with Gasteiger partial charge in [0.05, 0.1) is 12.7 Å². The van der Waals surface area contributed by atoms with Crippen LogP contribution in [0.1, 0.15) is 26.7 Å². The van der Waals surface area contributed by atoms with E-state index < -0.39 is 6.10 Å². The molecule has 0 saturated heterocycles. The second kappa shape index (κ2) is 9.39. The molecule has 0 heterocycles. The number of hydrogen-bond donors (Lipinski definition) is 3. The van der Waals surface area contributed by atoms with Crippen LogP contribution in [0.15, 0.2) is 0 Å². The molecule has 1 amide bonds. The number of aliphatic hydroxyl groups is 1. The highest BCUT2D eigenvalue weighted by molar-refractivity contribution is 5.76. The lowest BCUT2D eigenvalue weighted by Crippen LogP contribution is -2.36. The van der Waals surface area contributed by atoms with Crippen molar-refractivity contribution in [2.75, 3.05) is 26.8 Å². The van der Waals surface area contributed by atoms with Gasteiger partial charge < -0.3 is 20.9 Å². The fraction of sp³-hybridized carbons (Fsp3) is 0.917. The lowest BCUT2D eigenvalue weighted by atomic mass is 9.94. The smallest absolute Gasteiger partial charge is 0.220 e. The van der Waals surface area contributed by atoms with Crippen molar-refractivity contribution in [3.63, 3.8) is 0 Å². The number of methoxy groups -OCH3 is 1. The standard InChI is InChI=1S/C12H26N2O3/c1-9(2)4-10(6-13)5-12(16)14-7-11(15)8-17-3/h9-11,15H,4-8,13H2,1-3H3,(H,14,16)/t10-,11?/m0/s1. The van der Waals surface area contributed by atoms with Gasteiger partial charge in [-0.3, -0.25) is 4.79 Å². The molecule has 0 aliphatic carbocycles. The fourth-order valence-corrected chi connectivity index (χ4v) is 1.75. The van der Waals surface area contributed by atoms with Crippen molar-refractivity contribution >= 4 is 5.91 Å². The number of carbonyl (C=O) groups excluding carboxylic acids is 1. The molecule has 4 N–H and O–H groups in total. The second-order valence-electron chi connectivity index (χ2n) is 4.85. The van der Waals surface area contributed by atoms with Gasteiger partial charge in [-0.25, -0.2) is 0 Å². The monoisotopic (exact) mass is 246 g/mol. The summed E-state index contributed by atoms with van der Waals surface area (Å²) in [4.78, 5) is 11.6. The maximum atomic E-state index is 11.6. The van der Waals surface area contributed by atoms with Gasteiger partial charge in [0.25, 0.3) is 0 Å². The van der Waals surface area contributed by atoms with Crippen molar-refractivity contribution in [2.45, 2.75) is 32.8 Å². The molecule has 0 saturated carbocycles. The molecule has 0 aliphatic heterocycles. The number of carbonyl (C=O) groups is 1. The van der Waals surface area contributed by atoms with Gasteiger partial charge >= 0.3 is 0 Å². The van der Waals surface area contributed by atoms with Crippen molar-refractivity contribution < 1.29 is 14.6 Å². The summed E-state index contributed by atoms with van der Waals surface area (Å²) >= 11 is 0. The topological polar surface area (TPSA) is 84.6 Å². The van der Waals surface area contributed by atoms with Gasteiger partial charge in [0.1, 0.15) is 0 Å². The molecule has 0 fully saturated rings. The molecular weight excluding hydrogens is 220 g/mol. The molecule has 5 nitrogen and oxygen atoms in total. The van der Waals surface area contributed by atoms with Crippen LogP contribution in [-0.4, -0.2) is 43.9 Å². The normalized spacial score (nSPS) is 14.7. The first kappa shape index (κ1) is 16.4. The summed E-state index contributed by atoms with van der Waals surface area (Å²) in [7, 11) is 1.51. The Kier molecular flexibility index (Phi) is 9.03. The van der Waals surface area contributed by atoms with Crippen LogP contribution in [0.2, 0.25) is 0 Å². The van der Waals surface area contributed by atoms with Gasteiger partial charge in [-0.2, -0.15) is 0 Å². The average Bonchev–Trinajstić information content (AvgIpc) is 2.25. The zero-order valence-electron chi connectivity index (χ0n) is 11.1. The Morgan fingerprint density at radius 2 is 2.12 bits per heavy atom. The SMILES string of the molecule is COCC(O)CNC(=O)C[C@@H](CN)CC(C)C.